The third-order valence-electron chi connectivity index (χ3n) is 2.16. The van der Waals surface area contributed by atoms with Crippen molar-refractivity contribution in [1.82, 2.24) is 5.32 Å². The fraction of sp³-hybridized carbons (Fsp3) is 0.400. The minimum absolute atomic E-state index is 0. The first-order valence-corrected chi connectivity index (χ1v) is 4.57. The maximum atomic E-state index is 12.5. The molecule has 0 fully saturated rings. The molecule has 1 N–H and O–H groups in total. The van der Waals surface area contributed by atoms with E-state index in [9.17, 15) is 26.3 Å². The molecule has 0 bridgehead atoms. The van der Waals surface area contributed by atoms with Gasteiger partial charge in [0.15, 0.2) is 0 Å². The predicted octanol–water partition coefficient (Wildman–Crippen LogP) is 3.95. The second-order valence-corrected chi connectivity index (χ2v) is 3.39. The van der Waals surface area contributed by atoms with Crippen molar-refractivity contribution in [1.29, 1.82) is 0 Å². The summed E-state index contributed by atoms with van der Waals surface area (Å²) in [6.45, 7) is 0. The SMILES string of the molecule is CNC(c1cccc(C(F)(F)F)c1)C(F)(F)F.Cl. The van der Waals surface area contributed by atoms with Gasteiger partial charge in [0.2, 0.25) is 0 Å². The van der Waals surface area contributed by atoms with Gasteiger partial charge in [0, 0.05) is 0 Å². The number of nitrogens with one attached hydrogen (secondary N) is 1. The molecule has 0 saturated heterocycles. The number of hydrogen-bond acceptors (Lipinski definition) is 1. The average Bonchev–Trinajstić information content (AvgIpc) is 2.15. The highest BCUT2D eigenvalue weighted by atomic mass is 35.5. The lowest BCUT2D eigenvalue weighted by Crippen LogP contribution is -2.31. The molecule has 0 aliphatic heterocycles. The lowest BCUT2D eigenvalue weighted by atomic mass is 10.0. The van der Waals surface area contributed by atoms with Gasteiger partial charge in [0.05, 0.1) is 5.56 Å². The third kappa shape index (κ3) is 4.06. The Morgan fingerprint density at radius 1 is 1.06 bits per heavy atom. The zero-order valence-electron chi connectivity index (χ0n) is 9.06. The highest BCUT2D eigenvalue weighted by molar-refractivity contribution is 5.85. The molecule has 1 nitrogen and oxygen atoms in total. The second kappa shape index (κ2) is 5.79. The van der Waals surface area contributed by atoms with Crippen LogP contribution in [0.3, 0.4) is 0 Å². The van der Waals surface area contributed by atoms with Gasteiger partial charge in [0.1, 0.15) is 6.04 Å². The molecule has 18 heavy (non-hydrogen) atoms. The zero-order valence-corrected chi connectivity index (χ0v) is 9.88. The summed E-state index contributed by atoms with van der Waals surface area (Å²) in [4.78, 5) is 0. The molecular weight excluding hydrogens is 284 g/mol. The molecule has 8 heteroatoms. The highest BCUT2D eigenvalue weighted by Crippen LogP contribution is 2.35. The Morgan fingerprint density at radius 3 is 2.00 bits per heavy atom. The Labute approximate surface area is 106 Å². The molecule has 0 spiro atoms. The van der Waals surface area contributed by atoms with E-state index in [0.29, 0.717) is 6.07 Å². The lowest BCUT2D eigenvalue weighted by molar-refractivity contribution is -0.157. The fourth-order valence-corrected chi connectivity index (χ4v) is 1.41. The summed E-state index contributed by atoms with van der Waals surface area (Å²) in [5, 5.41) is 1.94. The molecule has 1 unspecified atom stereocenters. The van der Waals surface area contributed by atoms with E-state index in [0.717, 1.165) is 25.2 Å². The summed E-state index contributed by atoms with van der Waals surface area (Å²) in [5.74, 6) is 0. The van der Waals surface area contributed by atoms with Crippen molar-refractivity contribution in [3.8, 4) is 0 Å². The van der Waals surface area contributed by atoms with Crippen LogP contribution in [0.1, 0.15) is 17.2 Å². The molecule has 0 aromatic heterocycles. The van der Waals surface area contributed by atoms with Crippen LogP contribution < -0.4 is 5.32 Å². The standard InChI is InChI=1S/C10H9F6N.ClH/c1-17-8(10(14,15)16)6-3-2-4-7(5-6)9(11,12)13;/h2-5,8,17H,1H3;1H. The maximum Gasteiger partial charge on any atom is 0.416 e. The number of alkyl halides is 6. The van der Waals surface area contributed by atoms with E-state index < -0.39 is 29.5 Å². The second-order valence-electron chi connectivity index (χ2n) is 3.39. The smallest absolute Gasteiger partial charge is 0.306 e. The van der Waals surface area contributed by atoms with E-state index in [-0.39, 0.29) is 12.4 Å². The summed E-state index contributed by atoms with van der Waals surface area (Å²) < 4.78 is 74.5. The molecule has 1 rings (SSSR count). The Balaban J connectivity index is 0.00000289. The molecule has 0 heterocycles. The van der Waals surface area contributed by atoms with Crippen molar-refractivity contribution in [3.63, 3.8) is 0 Å². The van der Waals surface area contributed by atoms with E-state index in [4.69, 9.17) is 0 Å². The van der Waals surface area contributed by atoms with E-state index >= 15 is 0 Å². The molecule has 0 aliphatic rings. The van der Waals surface area contributed by atoms with Gasteiger partial charge in [-0.15, -0.1) is 12.4 Å². The fourth-order valence-electron chi connectivity index (χ4n) is 1.41. The minimum atomic E-state index is -4.65. The Kier molecular flexibility index (Phi) is 5.49. The van der Waals surface area contributed by atoms with E-state index in [1.807, 2.05) is 5.32 Å². The van der Waals surface area contributed by atoms with Crippen LogP contribution in [0.4, 0.5) is 26.3 Å². The van der Waals surface area contributed by atoms with Crippen molar-refractivity contribution in [2.45, 2.75) is 18.4 Å². The van der Waals surface area contributed by atoms with Crippen LogP contribution in [-0.4, -0.2) is 13.2 Å². The van der Waals surface area contributed by atoms with Gasteiger partial charge in [-0.1, -0.05) is 12.1 Å². The number of rotatable bonds is 2. The Hall–Kier alpha value is -0.950. The minimum Gasteiger partial charge on any atom is -0.306 e. The van der Waals surface area contributed by atoms with E-state index in [1.54, 1.807) is 0 Å². The third-order valence-corrected chi connectivity index (χ3v) is 2.16. The van der Waals surface area contributed by atoms with E-state index in [1.165, 1.54) is 0 Å². The molecule has 1 aromatic rings. The Bertz CT molecular complexity index is 387. The molecular formula is C10H10ClF6N. The van der Waals surface area contributed by atoms with Crippen LogP contribution in [-0.2, 0) is 6.18 Å². The van der Waals surface area contributed by atoms with Crippen molar-refractivity contribution in [2.75, 3.05) is 7.05 Å². The van der Waals surface area contributed by atoms with Crippen LogP contribution in [0.25, 0.3) is 0 Å². The summed E-state index contributed by atoms with van der Waals surface area (Å²) in [6.07, 6.45) is -9.29. The predicted molar refractivity (Wildman–Crippen MR) is 56.5 cm³/mol. The first-order chi connectivity index (χ1) is 7.66. The first-order valence-electron chi connectivity index (χ1n) is 4.57. The summed E-state index contributed by atoms with van der Waals surface area (Å²) >= 11 is 0. The lowest BCUT2D eigenvalue weighted by Gasteiger charge is -2.20. The van der Waals surface area contributed by atoms with Gasteiger partial charge in [-0.3, -0.25) is 0 Å². The van der Waals surface area contributed by atoms with Crippen molar-refractivity contribution < 1.29 is 26.3 Å². The van der Waals surface area contributed by atoms with Crippen LogP contribution in [0.15, 0.2) is 24.3 Å². The van der Waals surface area contributed by atoms with Crippen molar-refractivity contribution in [3.05, 3.63) is 35.4 Å². The average molecular weight is 294 g/mol. The first kappa shape index (κ1) is 17.1. The molecule has 1 aromatic carbocycles. The van der Waals surface area contributed by atoms with Gasteiger partial charge in [0.25, 0.3) is 0 Å². The number of halogens is 7. The van der Waals surface area contributed by atoms with Crippen LogP contribution in [0.2, 0.25) is 0 Å². The number of hydrogen-bond donors (Lipinski definition) is 1. The molecule has 1 atom stereocenters. The molecule has 0 radical (unpaired) electrons. The summed E-state index contributed by atoms with van der Waals surface area (Å²) in [5.41, 5.74) is -1.56. The Morgan fingerprint density at radius 2 is 1.61 bits per heavy atom. The monoisotopic (exact) mass is 293 g/mol. The van der Waals surface area contributed by atoms with Crippen LogP contribution >= 0.6 is 12.4 Å². The largest absolute Gasteiger partial charge is 0.416 e. The number of benzene rings is 1. The molecule has 0 aliphatic carbocycles. The van der Waals surface area contributed by atoms with Gasteiger partial charge in [-0.25, -0.2) is 0 Å². The van der Waals surface area contributed by atoms with Crippen LogP contribution in [0.5, 0.6) is 0 Å². The molecule has 104 valence electrons. The van der Waals surface area contributed by atoms with Crippen molar-refractivity contribution in [2.24, 2.45) is 0 Å². The van der Waals surface area contributed by atoms with Gasteiger partial charge >= 0.3 is 12.4 Å². The van der Waals surface area contributed by atoms with Crippen LogP contribution in [0, 0.1) is 0 Å². The van der Waals surface area contributed by atoms with Crippen molar-refractivity contribution >= 4 is 12.4 Å². The molecule has 0 saturated carbocycles. The highest BCUT2D eigenvalue weighted by Gasteiger charge is 2.40. The van der Waals surface area contributed by atoms with E-state index in [2.05, 4.69) is 0 Å². The maximum absolute atomic E-state index is 12.5. The van der Waals surface area contributed by atoms with Gasteiger partial charge < -0.3 is 5.32 Å². The summed E-state index contributed by atoms with van der Waals surface area (Å²) in [6, 6.07) is 1.07. The van der Waals surface area contributed by atoms with Gasteiger partial charge in [-0.2, -0.15) is 26.3 Å². The summed E-state index contributed by atoms with van der Waals surface area (Å²) in [7, 11) is 1.04. The molecule has 0 amide bonds. The zero-order chi connectivity index (χ0) is 13.3. The van der Waals surface area contributed by atoms with Gasteiger partial charge in [-0.05, 0) is 24.7 Å². The normalized spacial score (nSPS) is 13.9. The topological polar surface area (TPSA) is 12.0 Å². The quantitative estimate of drug-likeness (QED) is 0.814.